The number of amides is 2. The standard InChI is InChI=1S/C19H24N2O3S/c1-23-17-4-2-15(3-5-17)12-20-18(22)21-14-19(7-9-24-10-8-19)16-6-11-25-13-16/h2-6,11,13H,7-10,12,14H2,1H3,(H2,20,21,22). The van der Waals surface area contributed by atoms with E-state index in [-0.39, 0.29) is 11.4 Å². The molecule has 1 aromatic heterocycles. The summed E-state index contributed by atoms with van der Waals surface area (Å²) in [6, 6.07) is 9.70. The third-order valence-corrected chi connectivity index (χ3v) is 5.47. The first-order valence-corrected chi connectivity index (χ1v) is 9.41. The minimum absolute atomic E-state index is 0.0182. The first kappa shape index (κ1) is 17.8. The number of hydrogen-bond donors (Lipinski definition) is 2. The summed E-state index contributed by atoms with van der Waals surface area (Å²) in [7, 11) is 1.64. The Morgan fingerprint density at radius 1 is 1.20 bits per heavy atom. The van der Waals surface area contributed by atoms with Crippen LogP contribution >= 0.6 is 11.3 Å². The van der Waals surface area contributed by atoms with Crippen LogP contribution < -0.4 is 15.4 Å². The molecule has 1 aliphatic rings. The Balaban J connectivity index is 1.53. The molecule has 0 aliphatic carbocycles. The zero-order valence-electron chi connectivity index (χ0n) is 14.4. The van der Waals surface area contributed by atoms with Gasteiger partial charge in [0.15, 0.2) is 0 Å². The van der Waals surface area contributed by atoms with Crippen molar-refractivity contribution in [3.05, 3.63) is 52.2 Å². The fourth-order valence-electron chi connectivity index (χ4n) is 3.13. The molecule has 1 aromatic carbocycles. The van der Waals surface area contributed by atoms with Crippen LogP contribution in [0.15, 0.2) is 41.1 Å². The lowest BCUT2D eigenvalue weighted by Gasteiger charge is -2.37. The predicted octanol–water partition coefficient (Wildman–Crippen LogP) is 3.30. The van der Waals surface area contributed by atoms with Crippen LogP contribution in [0.1, 0.15) is 24.0 Å². The molecule has 0 spiro atoms. The van der Waals surface area contributed by atoms with Crippen LogP contribution in [0.5, 0.6) is 5.75 Å². The van der Waals surface area contributed by atoms with E-state index in [4.69, 9.17) is 9.47 Å². The molecule has 2 N–H and O–H groups in total. The topological polar surface area (TPSA) is 59.6 Å². The first-order chi connectivity index (χ1) is 12.2. The van der Waals surface area contributed by atoms with E-state index in [1.54, 1.807) is 18.4 Å². The summed E-state index contributed by atoms with van der Waals surface area (Å²) in [5, 5.41) is 10.2. The fourth-order valence-corrected chi connectivity index (χ4v) is 3.91. The van der Waals surface area contributed by atoms with Gasteiger partial charge in [0.05, 0.1) is 7.11 Å². The summed E-state index contributed by atoms with van der Waals surface area (Å²) in [5.41, 5.74) is 2.32. The molecule has 134 valence electrons. The Labute approximate surface area is 152 Å². The van der Waals surface area contributed by atoms with Crippen LogP contribution in [0.2, 0.25) is 0 Å². The Hall–Kier alpha value is -2.05. The third kappa shape index (κ3) is 4.52. The average molecular weight is 360 g/mol. The summed E-state index contributed by atoms with van der Waals surface area (Å²) in [6.07, 6.45) is 1.87. The van der Waals surface area contributed by atoms with Crippen LogP contribution in [0, 0.1) is 0 Å². The summed E-state index contributed by atoms with van der Waals surface area (Å²) in [6.45, 7) is 2.60. The minimum Gasteiger partial charge on any atom is -0.497 e. The molecule has 2 amide bonds. The van der Waals surface area contributed by atoms with E-state index in [0.29, 0.717) is 13.1 Å². The van der Waals surface area contributed by atoms with Crippen LogP contribution in [0.4, 0.5) is 4.79 Å². The first-order valence-electron chi connectivity index (χ1n) is 8.47. The van der Waals surface area contributed by atoms with Crippen molar-refractivity contribution in [1.29, 1.82) is 0 Å². The molecular weight excluding hydrogens is 336 g/mol. The number of carbonyl (C=O) groups is 1. The highest BCUT2D eigenvalue weighted by Crippen LogP contribution is 2.35. The maximum absolute atomic E-state index is 12.2. The van der Waals surface area contributed by atoms with Crippen LogP contribution in [0.3, 0.4) is 0 Å². The molecule has 3 rings (SSSR count). The second-order valence-corrected chi connectivity index (χ2v) is 7.07. The predicted molar refractivity (Wildman–Crippen MR) is 99.3 cm³/mol. The van der Waals surface area contributed by atoms with E-state index in [9.17, 15) is 4.79 Å². The van der Waals surface area contributed by atoms with Gasteiger partial charge in [-0.2, -0.15) is 11.3 Å². The molecule has 0 saturated carbocycles. The molecule has 1 aliphatic heterocycles. The summed E-state index contributed by atoms with van der Waals surface area (Å²) in [4.78, 5) is 12.2. The number of ether oxygens (including phenoxy) is 2. The van der Waals surface area contributed by atoms with Gasteiger partial charge in [-0.1, -0.05) is 12.1 Å². The highest BCUT2D eigenvalue weighted by atomic mass is 32.1. The van der Waals surface area contributed by atoms with E-state index in [1.807, 2.05) is 24.3 Å². The quantitative estimate of drug-likeness (QED) is 0.831. The molecule has 2 heterocycles. The number of methoxy groups -OCH3 is 1. The largest absolute Gasteiger partial charge is 0.497 e. The molecular formula is C19H24N2O3S. The van der Waals surface area contributed by atoms with Crippen molar-refractivity contribution < 1.29 is 14.3 Å². The molecule has 2 aromatic rings. The van der Waals surface area contributed by atoms with Gasteiger partial charge in [0.2, 0.25) is 0 Å². The number of urea groups is 1. The molecule has 0 atom stereocenters. The summed E-state index contributed by atoms with van der Waals surface area (Å²) >= 11 is 1.70. The van der Waals surface area contributed by atoms with Gasteiger partial charge in [-0.05, 0) is 52.9 Å². The van der Waals surface area contributed by atoms with Gasteiger partial charge in [0.1, 0.15) is 5.75 Å². The van der Waals surface area contributed by atoms with E-state index < -0.39 is 0 Å². The van der Waals surface area contributed by atoms with E-state index >= 15 is 0 Å². The van der Waals surface area contributed by atoms with E-state index in [0.717, 1.165) is 37.4 Å². The van der Waals surface area contributed by atoms with Gasteiger partial charge in [-0.15, -0.1) is 0 Å². The molecule has 1 saturated heterocycles. The monoisotopic (exact) mass is 360 g/mol. The highest BCUT2D eigenvalue weighted by molar-refractivity contribution is 7.08. The van der Waals surface area contributed by atoms with Crippen molar-refractivity contribution >= 4 is 17.4 Å². The van der Waals surface area contributed by atoms with Crippen molar-refractivity contribution in [1.82, 2.24) is 10.6 Å². The molecule has 5 nitrogen and oxygen atoms in total. The number of carbonyl (C=O) groups excluding carboxylic acids is 1. The van der Waals surface area contributed by atoms with Crippen LogP contribution in [-0.2, 0) is 16.7 Å². The number of rotatable bonds is 6. The molecule has 0 unspecified atom stereocenters. The zero-order valence-corrected chi connectivity index (χ0v) is 15.2. The number of hydrogen-bond acceptors (Lipinski definition) is 4. The minimum atomic E-state index is -0.142. The summed E-state index contributed by atoms with van der Waals surface area (Å²) in [5.74, 6) is 0.811. The molecule has 25 heavy (non-hydrogen) atoms. The Morgan fingerprint density at radius 2 is 1.96 bits per heavy atom. The van der Waals surface area contributed by atoms with Gasteiger partial charge in [0.25, 0.3) is 0 Å². The van der Waals surface area contributed by atoms with Gasteiger partial charge < -0.3 is 20.1 Å². The third-order valence-electron chi connectivity index (χ3n) is 4.78. The lowest BCUT2D eigenvalue weighted by atomic mass is 9.75. The number of thiophene rings is 1. The van der Waals surface area contributed by atoms with Gasteiger partial charge in [0, 0.05) is 31.7 Å². The highest BCUT2D eigenvalue weighted by Gasteiger charge is 2.35. The lowest BCUT2D eigenvalue weighted by Crippen LogP contribution is -2.47. The van der Waals surface area contributed by atoms with E-state index in [1.165, 1.54) is 5.56 Å². The second kappa shape index (κ2) is 8.36. The maximum Gasteiger partial charge on any atom is 0.315 e. The smallest absolute Gasteiger partial charge is 0.315 e. The molecule has 0 bridgehead atoms. The van der Waals surface area contributed by atoms with Crippen molar-refractivity contribution in [3.63, 3.8) is 0 Å². The Bertz CT molecular complexity index is 664. The van der Waals surface area contributed by atoms with Crippen LogP contribution in [0.25, 0.3) is 0 Å². The van der Waals surface area contributed by atoms with Crippen molar-refractivity contribution in [2.75, 3.05) is 26.9 Å². The number of nitrogens with one attached hydrogen (secondary N) is 2. The Kier molecular flexibility index (Phi) is 5.94. The average Bonchev–Trinajstić information content (AvgIpc) is 3.21. The van der Waals surface area contributed by atoms with Crippen molar-refractivity contribution in [2.24, 2.45) is 0 Å². The number of benzene rings is 1. The van der Waals surface area contributed by atoms with E-state index in [2.05, 4.69) is 27.5 Å². The fraction of sp³-hybridized carbons (Fsp3) is 0.421. The SMILES string of the molecule is COc1ccc(CNC(=O)NCC2(c3ccsc3)CCOCC2)cc1. The summed E-state index contributed by atoms with van der Waals surface area (Å²) < 4.78 is 10.7. The van der Waals surface area contributed by atoms with Gasteiger partial charge in [-0.3, -0.25) is 0 Å². The van der Waals surface area contributed by atoms with Gasteiger partial charge >= 0.3 is 6.03 Å². The van der Waals surface area contributed by atoms with Crippen LogP contribution in [-0.4, -0.2) is 32.9 Å². The van der Waals surface area contributed by atoms with Gasteiger partial charge in [-0.25, -0.2) is 4.79 Å². The molecule has 0 radical (unpaired) electrons. The maximum atomic E-state index is 12.2. The van der Waals surface area contributed by atoms with Crippen molar-refractivity contribution in [2.45, 2.75) is 24.8 Å². The lowest BCUT2D eigenvalue weighted by molar-refractivity contribution is 0.0508. The van der Waals surface area contributed by atoms with Crippen molar-refractivity contribution in [3.8, 4) is 5.75 Å². The second-order valence-electron chi connectivity index (χ2n) is 6.29. The zero-order chi connectivity index (χ0) is 17.5. The normalized spacial score (nSPS) is 16.2. The molecule has 1 fully saturated rings. The Morgan fingerprint density at radius 3 is 2.60 bits per heavy atom. The molecule has 6 heteroatoms.